The van der Waals surface area contributed by atoms with Gasteiger partial charge in [-0.05, 0) is 19.3 Å². The zero-order valence-corrected chi connectivity index (χ0v) is 7.59. The number of carboxylic acids is 1. The topological polar surface area (TPSA) is 98.1 Å². The fraction of sp³-hybridized carbons (Fsp3) is 0.750. The van der Waals surface area contributed by atoms with Crippen LogP contribution in [0.15, 0.2) is 0 Å². The minimum absolute atomic E-state index is 0.124. The van der Waals surface area contributed by atoms with Crippen molar-refractivity contribution in [2.45, 2.75) is 31.3 Å². The number of hydrogen-bond acceptors (Lipinski definition) is 3. The number of likely N-dealkylation sites (tertiary alicyclic amines) is 1. The van der Waals surface area contributed by atoms with Gasteiger partial charge in [-0.2, -0.15) is 0 Å². The Hall–Kier alpha value is -1.30. The largest absolute Gasteiger partial charge is 0.480 e. The van der Waals surface area contributed by atoms with Gasteiger partial charge >= 0.3 is 12.1 Å². The van der Waals surface area contributed by atoms with Crippen LogP contribution in [0.1, 0.15) is 19.3 Å². The van der Waals surface area contributed by atoms with Crippen LogP contribution in [0.4, 0.5) is 4.79 Å². The van der Waals surface area contributed by atoms with Gasteiger partial charge in [-0.1, -0.05) is 0 Å². The summed E-state index contributed by atoms with van der Waals surface area (Å²) in [6.45, 7) is -0.124. The maximum Gasteiger partial charge on any atom is 0.408 e. The van der Waals surface area contributed by atoms with Gasteiger partial charge < -0.3 is 15.3 Å². The number of nitrogens with zero attached hydrogens (tertiary/aromatic N) is 1. The van der Waals surface area contributed by atoms with Gasteiger partial charge in [-0.3, -0.25) is 4.90 Å². The van der Waals surface area contributed by atoms with Crippen molar-refractivity contribution in [3.63, 3.8) is 0 Å². The lowest BCUT2D eigenvalue weighted by Gasteiger charge is -2.24. The van der Waals surface area contributed by atoms with Crippen LogP contribution >= 0.6 is 0 Å². The number of aliphatic hydroxyl groups is 1. The predicted octanol–water partition coefficient (Wildman–Crippen LogP) is -0.0356. The number of amides is 1. The maximum absolute atomic E-state index is 10.8. The smallest absolute Gasteiger partial charge is 0.408 e. The first-order valence-electron chi connectivity index (χ1n) is 4.43. The van der Waals surface area contributed by atoms with E-state index in [4.69, 9.17) is 15.3 Å². The average Bonchev–Trinajstić information content (AvgIpc) is 2.48. The molecule has 0 aromatic carbocycles. The van der Waals surface area contributed by atoms with Gasteiger partial charge in [0.15, 0.2) is 0 Å². The van der Waals surface area contributed by atoms with E-state index in [0.29, 0.717) is 19.3 Å². The first kappa shape index (κ1) is 10.8. The molecule has 1 amide bonds. The van der Waals surface area contributed by atoms with Crippen LogP contribution < -0.4 is 0 Å². The molecule has 0 saturated carbocycles. The third kappa shape index (κ3) is 1.95. The van der Waals surface area contributed by atoms with Gasteiger partial charge in [0.1, 0.15) is 6.04 Å². The van der Waals surface area contributed by atoms with Gasteiger partial charge in [0, 0.05) is 12.6 Å². The van der Waals surface area contributed by atoms with Crippen molar-refractivity contribution in [1.82, 2.24) is 4.90 Å². The van der Waals surface area contributed by atoms with Crippen LogP contribution in [0.2, 0.25) is 0 Å². The zero-order valence-electron chi connectivity index (χ0n) is 7.59. The van der Waals surface area contributed by atoms with Crippen molar-refractivity contribution < 1.29 is 24.9 Å². The third-order valence-corrected chi connectivity index (χ3v) is 2.47. The highest BCUT2D eigenvalue weighted by Crippen LogP contribution is 2.26. The highest BCUT2D eigenvalue weighted by molar-refractivity contribution is 5.80. The average molecular weight is 203 g/mol. The van der Waals surface area contributed by atoms with Crippen LogP contribution in [0.5, 0.6) is 0 Å². The van der Waals surface area contributed by atoms with Crippen molar-refractivity contribution >= 4 is 12.1 Å². The van der Waals surface area contributed by atoms with Crippen molar-refractivity contribution in [2.24, 2.45) is 0 Å². The molecule has 1 aliphatic heterocycles. The van der Waals surface area contributed by atoms with E-state index in [0.717, 1.165) is 4.90 Å². The summed E-state index contributed by atoms with van der Waals surface area (Å²) in [5, 5.41) is 26.2. The molecule has 1 rings (SSSR count). The van der Waals surface area contributed by atoms with Crippen LogP contribution in [0.3, 0.4) is 0 Å². The zero-order chi connectivity index (χ0) is 10.7. The Bertz CT molecular complexity index is 242. The van der Waals surface area contributed by atoms with Crippen molar-refractivity contribution in [2.75, 3.05) is 6.61 Å². The Balaban J connectivity index is 2.74. The molecule has 1 heterocycles. The third-order valence-electron chi connectivity index (χ3n) is 2.47. The first-order chi connectivity index (χ1) is 6.57. The van der Waals surface area contributed by atoms with E-state index in [-0.39, 0.29) is 12.6 Å². The van der Waals surface area contributed by atoms with Crippen molar-refractivity contribution in [3.05, 3.63) is 0 Å². The van der Waals surface area contributed by atoms with Gasteiger partial charge in [0.2, 0.25) is 0 Å². The summed E-state index contributed by atoms with van der Waals surface area (Å²) in [5.41, 5.74) is 0. The van der Waals surface area contributed by atoms with Gasteiger partial charge in [0.25, 0.3) is 0 Å². The van der Waals surface area contributed by atoms with E-state index in [1.54, 1.807) is 0 Å². The van der Waals surface area contributed by atoms with Gasteiger partial charge in [0.05, 0.1) is 0 Å². The van der Waals surface area contributed by atoms with Gasteiger partial charge in [-0.15, -0.1) is 0 Å². The summed E-state index contributed by atoms with van der Waals surface area (Å²) < 4.78 is 0. The molecule has 1 aliphatic rings. The van der Waals surface area contributed by atoms with E-state index in [1.165, 1.54) is 0 Å². The second-order valence-electron chi connectivity index (χ2n) is 3.29. The molecular formula is C8H13NO5. The fourth-order valence-electron chi connectivity index (χ4n) is 1.85. The molecule has 2 atom stereocenters. The summed E-state index contributed by atoms with van der Waals surface area (Å²) in [5.74, 6) is -1.12. The first-order valence-corrected chi connectivity index (χ1v) is 4.43. The Labute approximate surface area is 80.8 Å². The molecule has 6 nitrogen and oxygen atoms in total. The van der Waals surface area contributed by atoms with Crippen LogP contribution in [-0.4, -0.2) is 51.0 Å². The molecule has 1 fully saturated rings. The number of rotatable bonds is 3. The van der Waals surface area contributed by atoms with E-state index < -0.39 is 18.1 Å². The summed E-state index contributed by atoms with van der Waals surface area (Å²) in [4.78, 5) is 22.4. The minimum Gasteiger partial charge on any atom is -0.480 e. The highest BCUT2D eigenvalue weighted by atomic mass is 16.4. The number of aliphatic carboxylic acids is 1. The van der Waals surface area contributed by atoms with Gasteiger partial charge in [-0.25, -0.2) is 9.59 Å². The fourth-order valence-corrected chi connectivity index (χ4v) is 1.85. The lowest BCUT2D eigenvalue weighted by molar-refractivity contribution is -0.142. The highest BCUT2D eigenvalue weighted by Gasteiger charge is 2.40. The quantitative estimate of drug-likeness (QED) is 0.598. The van der Waals surface area contributed by atoms with Crippen molar-refractivity contribution in [3.8, 4) is 0 Å². The molecule has 1 saturated heterocycles. The van der Waals surface area contributed by atoms with Crippen LogP contribution in [0, 0.1) is 0 Å². The Kier molecular flexibility index (Phi) is 3.29. The summed E-state index contributed by atoms with van der Waals surface area (Å²) in [7, 11) is 0. The molecule has 0 spiro atoms. The maximum atomic E-state index is 10.8. The molecule has 0 unspecified atom stereocenters. The van der Waals surface area contributed by atoms with Crippen LogP contribution in [0.25, 0.3) is 0 Å². The number of carboxylic acid groups (broad SMARTS) is 2. The normalized spacial score (nSPS) is 26.5. The summed E-state index contributed by atoms with van der Waals surface area (Å²) in [6.07, 6.45) is -0.0972. The monoisotopic (exact) mass is 203 g/mol. The van der Waals surface area contributed by atoms with E-state index in [9.17, 15) is 9.59 Å². The molecule has 80 valence electrons. The summed E-state index contributed by atoms with van der Waals surface area (Å²) >= 11 is 0. The SMILES string of the molecule is O=C(O)[C@@H]1CC[C@@H](CCO)N1C(=O)O. The Morgan fingerprint density at radius 1 is 1.29 bits per heavy atom. The molecule has 0 bridgehead atoms. The molecule has 0 aromatic heterocycles. The lowest BCUT2D eigenvalue weighted by atomic mass is 10.1. The molecule has 0 aliphatic carbocycles. The number of carbonyl (C=O) groups is 2. The van der Waals surface area contributed by atoms with Crippen molar-refractivity contribution in [1.29, 1.82) is 0 Å². The Morgan fingerprint density at radius 2 is 1.93 bits per heavy atom. The number of hydrogen-bond donors (Lipinski definition) is 3. The van der Waals surface area contributed by atoms with E-state index in [2.05, 4.69) is 0 Å². The van der Waals surface area contributed by atoms with E-state index in [1.807, 2.05) is 0 Å². The second-order valence-corrected chi connectivity index (χ2v) is 3.29. The lowest BCUT2D eigenvalue weighted by Crippen LogP contribution is -2.44. The molecule has 3 N–H and O–H groups in total. The standard InChI is InChI=1S/C8H13NO5/c10-4-3-5-1-2-6(7(11)12)9(5)8(13)14/h5-6,10H,1-4H2,(H,11,12)(H,13,14)/t5-,6-/m0/s1. The Morgan fingerprint density at radius 3 is 2.36 bits per heavy atom. The summed E-state index contributed by atoms with van der Waals surface area (Å²) in [6, 6.07) is -1.32. The second kappa shape index (κ2) is 4.28. The number of aliphatic hydroxyl groups excluding tert-OH is 1. The predicted molar refractivity (Wildman–Crippen MR) is 46.0 cm³/mol. The minimum atomic E-state index is -1.23. The van der Waals surface area contributed by atoms with Crippen LogP contribution in [-0.2, 0) is 4.79 Å². The molecule has 0 radical (unpaired) electrons. The molecule has 6 heteroatoms. The molecule has 14 heavy (non-hydrogen) atoms. The molecule has 0 aromatic rings. The van der Waals surface area contributed by atoms with E-state index >= 15 is 0 Å². The molecular weight excluding hydrogens is 190 g/mol.